The Morgan fingerprint density at radius 2 is 1.97 bits per heavy atom. The first-order valence-electron chi connectivity index (χ1n) is 10.8. The minimum atomic E-state index is 0.197. The van der Waals surface area contributed by atoms with Crippen molar-refractivity contribution >= 4 is 27.3 Å². The molecule has 0 bridgehead atoms. The maximum Gasteiger partial charge on any atom is 0.162 e. The molecule has 0 radical (unpaired) electrons. The van der Waals surface area contributed by atoms with E-state index in [4.69, 9.17) is 9.72 Å². The Labute approximate surface area is 182 Å². The lowest BCUT2D eigenvalue weighted by Crippen LogP contribution is -2.29. The standard InChI is InChI=1S/C25H30N2O2S/c1-27-14-12-19(13-15-27)25-26-22-10-8-20(16-24(22)30-25)23(28)11-9-21(17-29-2)18-6-4-3-5-7-18/h3-8,10,16,19,21H,9,11-15,17H2,1-2H3/t21-/m1/s1. The number of hydrogen-bond acceptors (Lipinski definition) is 5. The van der Waals surface area contributed by atoms with Gasteiger partial charge in [0.25, 0.3) is 0 Å². The molecular formula is C25H30N2O2S. The number of nitrogens with zero attached hydrogens (tertiary/aromatic N) is 2. The minimum absolute atomic E-state index is 0.197. The molecule has 1 saturated heterocycles. The molecule has 1 aromatic heterocycles. The molecule has 4 nitrogen and oxygen atoms in total. The molecule has 0 unspecified atom stereocenters. The number of aromatic nitrogens is 1. The van der Waals surface area contributed by atoms with Gasteiger partial charge in [0, 0.05) is 30.9 Å². The summed E-state index contributed by atoms with van der Waals surface area (Å²) in [5.74, 6) is 0.991. The number of benzene rings is 2. The Balaban J connectivity index is 1.44. The average Bonchev–Trinajstić information content (AvgIpc) is 3.21. The first kappa shape index (κ1) is 21.2. The lowest BCUT2D eigenvalue weighted by Gasteiger charge is -2.27. The molecule has 0 spiro atoms. The number of fused-ring (bicyclic) bond motifs is 1. The number of likely N-dealkylation sites (tertiary alicyclic amines) is 1. The smallest absolute Gasteiger partial charge is 0.162 e. The van der Waals surface area contributed by atoms with E-state index in [1.54, 1.807) is 18.4 Å². The predicted molar refractivity (Wildman–Crippen MR) is 124 cm³/mol. The summed E-state index contributed by atoms with van der Waals surface area (Å²) in [5.41, 5.74) is 3.05. The first-order valence-corrected chi connectivity index (χ1v) is 11.6. The summed E-state index contributed by atoms with van der Waals surface area (Å²) in [5, 5.41) is 1.23. The van der Waals surface area contributed by atoms with Gasteiger partial charge in [-0.1, -0.05) is 30.3 Å². The van der Waals surface area contributed by atoms with Crippen LogP contribution in [0.4, 0.5) is 0 Å². The molecule has 2 aromatic carbocycles. The van der Waals surface area contributed by atoms with Crippen molar-refractivity contribution in [3.8, 4) is 0 Å². The maximum atomic E-state index is 12.9. The lowest BCUT2D eigenvalue weighted by molar-refractivity contribution is 0.0970. The van der Waals surface area contributed by atoms with Crippen LogP contribution in [0, 0.1) is 0 Å². The predicted octanol–water partition coefficient (Wildman–Crippen LogP) is 5.50. The van der Waals surface area contributed by atoms with Crippen LogP contribution in [0.1, 0.15) is 58.4 Å². The number of methoxy groups -OCH3 is 1. The molecule has 1 aliphatic rings. The summed E-state index contributed by atoms with van der Waals surface area (Å²) < 4.78 is 6.53. The van der Waals surface area contributed by atoms with Crippen LogP contribution in [0.15, 0.2) is 48.5 Å². The van der Waals surface area contributed by atoms with Gasteiger partial charge in [-0.2, -0.15) is 0 Å². The van der Waals surface area contributed by atoms with Crippen molar-refractivity contribution in [2.75, 3.05) is 33.9 Å². The van der Waals surface area contributed by atoms with Gasteiger partial charge in [-0.15, -0.1) is 11.3 Å². The zero-order valence-corrected chi connectivity index (χ0v) is 18.7. The Hall–Kier alpha value is -2.08. The number of carbonyl (C=O) groups is 1. The van der Waals surface area contributed by atoms with Crippen LogP contribution in [0.5, 0.6) is 0 Å². The Kier molecular flexibility index (Phi) is 6.93. The van der Waals surface area contributed by atoms with Gasteiger partial charge in [0.15, 0.2) is 5.78 Å². The molecule has 1 aliphatic heterocycles. The highest BCUT2D eigenvalue weighted by atomic mass is 32.1. The van der Waals surface area contributed by atoms with Gasteiger partial charge >= 0.3 is 0 Å². The van der Waals surface area contributed by atoms with Crippen molar-refractivity contribution in [1.29, 1.82) is 0 Å². The van der Waals surface area contributed by atoms with Crippen molar-refractivity contribution in [3.05, 3.63) is 64.7 Å². The van der Waals surface area contributed by atoms with Gasteiger partial charge < -0.3 is 9.64 Å². The summed E-state index contributed by atoms with van der Waals surface area (Å²) in [7, 11) is 3.90. The Bertz CT molecular complexity index is 977. The highest BCUT2D eigenvalue weighted by Gasteiger charge is 2.22. The number of carbonyl (C=O) groups excluding carboxylic acids is 1. The largest absolute Gasteiger partial charge is 0.384 e. The molecule has 158 valence electrons. The van der Waals surface area contributed by atoms with Gasteiger partial charge in [-0.25, -0.2) is 4.98 Å². The summed E-state index contributed by atoms with van der Waals surface area (Å²) >= 11 is 1.76. The highest BCUT2D eigenvalue weighted by molar-refractivity contribution is 7.18. The summed E-state index contributed by atoms with van der Waals surface area (Å²) in [4.78, 5) is 20.2. The van der Waals surface area contributed by atoms with Crippen LogP contribution in [0.2, 0.25) is 0 Å². The molecule has 4 rings (SSSR count). The number of ether oxygens (including phenoxy) is 1. The fraction of sp³-hybridized carbons (Fsp3) is 0.440. The third-order valence-electron chi connectivity index (χ3n) is 6.15. The van der Waals surface area contributed by atoms with E-state index in [1.165, 1.54) is 23.4 Å². The molecule has 0 N–H and O–H groups in total. The average molecular weight is 423 g/mol. The molecule has 2 heterocycles. The van der Waals surface area contributed by atoms with Crippen molar-refractivity contribution in [2.45, 2.75) is 37.5 Å². The molecule has 0 saturated carbocycles. The van der Waals surface area contributed by atoms with E-state index >= 15 is 0 Å². The molecule has 30 heavy (non-hydrogen) atoms. The number of hydrogen-bond donors (Lipinski definition) is 0. The quantitative estimate of drug-likeness (QED) is 0.450. The second-order valence-electron chi connectivity index (χ2n) is 8.34. The van der Waals surface area contributed by atoms with E-state index in [1.807, 2.05) is 36.4 Å². The SMILES string of the molecule is COC[C@@H](CCC(=O)c1ccc2nc(C3CCN(C)CC3)sc2c1)c1ccccc1. The van der Waals surface area contributed by atoms with Crippen LogP contribution in [-0.2, 0) is 4.74 Å². The van der Waals surface area contributed by atoms with Crippen molar-refractivity contribution in [3.63, 3.8) is 0 Å². The molecule has 3 aromatic rings. The van der Waals surface area contributed by atoms with Crippen LogP contribution in [0.3, 0.4) is 0 Å². The molecule has 1 fully saturated rings. The van der Waals surface area contributed by atoms with E-state index in [2.05, 4.69) is 24.1 Å². The topological polar surface area (TPSA) is 42.4 Å². The van der Waals surface area contributed by atoms with Gasteiger partial charge in [0.05, 0.1) is 21.8 Å². The van der Waals surface area contributed by atoms with E-state index in [-0.39, 0.29) is 11.7 Å². The summed E-state index contributed by atoms with van der Waals surface area (Å²) in [6.07, 6.45) is 3.65. The van der Waals surface area contributed by atoms with Crippen LogP contribution in [0.25, 0.3) is 10.2 Å². The zero-order valence-electron chi connectivity index (χ0n) is 17.8. The van der Waals surface area contributed by atoms with Crippen LogP contribution in [-0.4, -0.2) is 49.5 Å². The van der Waals surface area contributed by atoms with Crippen molar-refractivity contribution in [1.82, 2.24) is 9.88 Å². The zero-order chi connectivity index (χ0) is 20.9. The second kappa shape index (κ2) is 9.82. The van der Waals surface area contributed by atoms with E-state index in [9.17, 15) is 4.79 Å². The summed E-state index contributed by atoms with van der Waals surface area (Å²) in [6.45, 7) is 2.90. The third kappa shape index (κ3) is 4.97. The second-order valence-corrected chi connectivity index (χ2v) is 9.40. The number of Topliss-reactive ketones (excluding diaryl/α,β-unsaturated/α-hetero) is 1. The van der Waals surface area contributed by atoms with Gasteiger partial charge in [0.1, 0.15) is 0 Å². The molecule has 5 heteroatoms. The maximum absolute atomic E-state index is 12.9. The van der Waals surface area contributed by atoms with E-state index in [0.29, 0.717) is 18.9 Å². The molecule has 0 amide bonds. The lowest BCUT2D eigenvalue weighted by atomic mass is 9.93. The number of piperidine rings is 1. The van der Waals surface area contributed by atoms with Gasteiger partial charge in [0.2, 0.25) is 0 Å². The van der Waals surface area contributed by atoms with Crippen molar-refractivity contribution in [2.24, 2.45) is 0 Å². The number of rotatable bonds is 8. The Morgan fingerprint density at radius 3 is 2.70 bits per heavy atom. The molecule has 0 aliphatic carbocycles. The molecule has 1 atom stereocenters. The van der Waals surface area contributed by atoms with E-state index in [0.717, 1.165) is 35.3 Å². The normalized spacial score (nSPS) is 16.7. The first-order chi connectivity index (χ1) is 14.6. The van der Waals surface area contributed by atoms with Crippen molar-refractivity contribution < 1.29 is 9.53 Å². The highest BCUT2D eigenvalue weighted by Crippen LogP contribution is 2.34. The summed E-state index contributed by atoms with van der Waals surface area (Å²) in [6, 6.07) is 16.3. The molecular weight excluding hydrogens is 392 g/mol. The van der Waals surface area contributed by atoms with E-state index < -0.39 is 0 Å². The van der Waals surface area contributed by atoms with Crippen LogP contribution < -0.4 is 0 Å². The minimum Gasteiger partial charge on any atom is -0.384 e. The fourth-order valence-corrected chi connectivity index (χ4v) is 5.44. The van der Waals surface area contributed by atoms with Crippen LogP contribution >= 0.6 is 11.3 Å². The number of ketones is 1. The number of thiazole rings is 1. The fourth-order valence-electron chi connectivity index (χ4n) is 4.27. The Morgan fingerprint density at radius 1 is 1.20 bits per heavy atom. The van der Waals surface area contributed by atoms with Gasteiger partial charge in [-0.05, 0) is 63.2 Å². The monoisotopic (exact) mass is 422 g/mol. The van der Waals surface area contributed by atoms with Gasteiger partial charge in [-0.3, -0.25) is 4.79 Å². The third-order valence-corrected chi connectivity index (χ3v) is 7.33.